The highest BCUT2D eigenvalue weighted by atomic mass is 16.6. The third-order valence-corrected chi connectivity index (χ3v) is 2.93. The number of hydrogen-bond acceptors (Lipinski definition) is 3. The highest BCUT2D eigenvalue weighted by Gasteiger charge is 2.12. The Morgan fingerprint density at radius 3 is 2.42 bits per heavy atom. The molecule has 0 radical (unpaired) electrons. The monoisotopic (exact) mass is 259 g/mol. The van der Waals surface area contributed by atoms with E-state index in [1.807, 2.05) is 38.1 Å². The zero-order chi connectivity index (χ0) is 13.4. The van der Waals surface area contributed by atoms with E-state index in [0.29, 0.717) is 0 Å². The summed E-state index contributed by atoms with van der Waals surface area (Å²) in [6.07, 6.45) is 0. The molecule has 4 heteroatoms. The normalized spacial score (nSPS) is 12.7. The van der Waals surface area contributed by atoms with Crippen LogP contribution in [0.1, 0.15) is 11.5 Å². The van der Waals surface area contributed by atoms with Crippen molar-refractivity contribution in [2.24, 2.45) is 0 Å². The van der Waals surface area contributed by atoms with Crippen LogP contribution in [0.4, 0.5) is 0 Å². The predicted molar refractivity (Wildman–Crippen MR) is 73.6 cm³/mol. The molecule has 0 aliphatic carbocycles. The Morgan fingerprint density at radius 2 is 1.68 bits per heavy atom. The Bertz CT molecular complexity index is 750. The first kappa shape index (κ1) is 12.0. The maximum Gasteiger partial charge on any atom is 0.372 e. The number of rotatable bonds is 2. The standard InChI is InChI=1S/C15H15O4/c1-9-4-11-6-12(17-8-16-3)7-14-15(11)13(18-9)5-10(2)19-14/h4-7H,8H2,1-3H3/q+1. The van der Waals surface area contributed by atoms with Gasteiger partial charge in [0.2, 0.25) is 0 Å². The van der Waals surface area contributed by atoms with E-state index in [9.17, 15) is 0 Å². The lowest BCUT2D eigenvalue weighted by Crippen LogP contribution is -2.03. The largest absolute Gasteiger partial charge is 0.461 e. The van der Waals surface area contributed by atoms with E-state index < -0.39 is 0 Å². The summed E-state index contributed by atoms with van der Waals surface area (Å²) >= 11 is 0. The lowest BCUT2D eigenvalue weighted by atomic mass is 10.1. The molecule has 0 N–H and O–H groups in total. The van der Waals surface area contributed by atoms with Gasteiger partial charge in [-0.3, -0.25) is 0 Å². The minimum absolute atomic E-state index is 0.211. The van der Waals surface area contributed by atoms with E-state index in [1.54, 1.807) is 7.11 Å². The Labute approximate surface area is 109 Å². The van der Waals surface area contributed by atoms with Gasteiger partial charge in [-0.05, 0) is 19.9 Å². The highest BCUT2D eigenvalue weighted by molar-refractivity contribution is 6.05. The minimum atomic E-state index is 0.211. The molecule has 98 valence electrons. The quantitative estimate of drug-likeness (QED) is 0.524. The molecule has 0 aliphatic rings. The van der Waals surface area contributed by atoms with Gasteiger partial charge >= 0.3 is 12.2 Å². The predicted octanol–water partition coefficient (Wildman–Crippen LogP) is 3.30. The number of aryl methyl sites for hydroxylation is 2. The van der Waals surface area contributed by atoms with E-state index in [4.69, 9.17) is 18.0 Å². The topological polar surface area (TPSA) is 46.8 Å². The summed E-state index contributed by atoms with van der Waals surface area (Å²) in [7, 11) is 1.59. The van der Waals surface area contributed by atoms with E-state index in [0.717, 1.165) is 38.9 Å². The molecule has 0 unspecified atom stereocenters. The van der Waals surface area contributed by atoms with Crippen LogP contribution in [0.5, 0.6) is 0 Å². The van der Waals surface area contributed by atoms with Gasteiger partial charge in [0, 0.05) is 18.6 Å². The van der Waals surface area contributed by atoms with Crippen molar-refractivity contribution in [3.05, 3.63) is 45.6 Å². The maximum absolute atomic E-state index is 5.74. The van der Waals surface area contributed by atoms with Gasteiger partial charge in [0.25, 0.3) is 0 Å². The van der Waals surface area contributed by atoms with Crippen molar-refractivity contribution in [1.82, 2.24) is 0 Å². The molecule has 2 heterocycles. The second-order valence-corrected chi connectivity index (χ2v) is 4.51. The van der Waals surface area contributed by atoms with Crippen molar-refractivity contribution in [3.63, 3.8) is 0 Å². The number of methoxy groups -OCH3 is 1. The summed E-state index contributed by atoms with van der Waals surface area (Å²) in [5.41, 5.74) is 2.30. The second kappa shape index (κ2) is 4.55. The van der Waals surface area contributed by atoms with Gasteiger partial charge in [0.15, 0.2) is 0 Å². The van der Waals surface area contributed by atoms with Gasteiger partial charge in [-0.1, -0.05) is 0 Å². The third-order valence-electron chi connectivity index (χ3n) is 2.93. The molecule has 0 amide bonds. The highest BCUT2D eigenvalue weighted by Crippen LogP contribution is 2.27. The molecule has 0 saturated heterocycles. The summed E-state index contributed by atoms with van der Waals surface area (Å²) in [5, 5.41) is 2.01. The van der Waals surface area contributed by atoms with E-state index in [-0.39, 0.29) is 6.79 Å². The molecule has 0 atom stereocenters. The van der Waals surface area contributed by atoms with Crippen molar-refractivity contribution in [1.29, 1.82) is 0 Å². The van der Waals surface area contributed by atoms with Gasteiger partial charge in [0.1, 0.15) is 22.7 Å². The van der Waals surface area contributed by atoms with Crippen LogP contribution in [0.3, 0.4) is 0 Å². The summed E-state index contributed by atoms with van der Waals surface area (Å²) in [5.74, 6) is 1.65. The SMILES string of the molecule is COC[O+]=c1cc2cc(C)oc3cc(C)oc(c1)c23. The fourth-order valence-electron chi connectivity index (χ4n) is 2.24. The number of benzene rings is 1. The molecule has 0 fully saturated rings. The van der Waals surface area contributed by atoms with Crippen LogP contribution in [0.25, 0.3) is 21.9 Å². The van der Waals surface area contributed by atoms with Crippen LogP contribution in [0.2, 0.25) is 0 Å². The molecular formula is C15H15O4+. The Morgan fingerprint density at radius 1 is 1.00 bits per heavy atom. The van der Waals surface area contributed by atoms with Crippen LogP contribution >= 0.6 is 0 Å². The second-order valence-electron chi connectivity index (χ2n) is 4.51. The zero-order valence-corrected chi connectivity index (χ0v) is 11.1. The molecule has 1 aromatic carbocycles. The maximum atomic E-state index is 5.74. The van der Waals surface area contributed by atoms with Crippen molar-refractivity contribution in [2.45, 2.75) is 13.8 Å². The zero-order valence-electron chi connectivity index (χ0n) is 11.1. The van der Waals surface area contributed by atoms with Gasteiger partial charge < -0.3 is 13.6 Å². The van der Waals surface area contributed by atoms with Crippen molar-refractivity contribution < 1.29 is 13.6 Å². The average Bonchev–Trinajstić information content (AvgIpc) is 2.34. The third kappa shape index (κ3) is 2.15. The molecule has 0 spiro atoms. The van der Waals surface area contributed by atoms with E-state index in [2.05, 4.69) is 0 Å². The lowest BCUT2D eigenvalue weighted by Gasteiger charge is -2.05. The summed E-state index contributed by atoms with van der Waals surface area (Å²) < 4.78 is 21.9. The molecule has 4 nitrogen and oxygen atoms in total. The fraction of sp³-hybridized carbons (Fsp3) is 0.267. The molecule has 0 saturated carbocycles. The number of hydrogen-bond donors (Lipinski definition) is 0. The summed E-state index contributed by atoms with van der Waals surface area (Å²) in [6.45, 7) is 4.04. The molecular weight excluding hydrogens is 244 g/mol. The van der Waals surface area contributed by atoms with E-state index >= 15 is 0 Å². The van der Waals surface area contributed by atoms with Gasteiger partial charge in [-0.25, -0.2) is 4.42 Å². The Balaban J connectivity index is 2.43. The van der Waals surface area contributed by atoms with Crippen molar-refractivity contribution >= 4 is 21.9 Å². The summed E-state index contributed by atoms with van der Waals surface area (Å²) in [6, 6.07) is 7.69. The molecule has 19 heavy (non-hydrogen) atoms. The van der Waals surface area contributed by atoms with Crippen molar-refractivity contribution in [2.75, 3.05) is 13.9 Å². The first-order valence-corrected chi connectivity index (χ1v) is 6.07. The van der Waals surface area contributed by atoms with Gasteiger partial charge in [0.05, 0.1) is 17.5 Å². The molecule has 3 rings (SSSR count). The van der Waals surface area contributed by atoms with Gasteiger partial charge in [-0.15, -0.1) is 0 Å². The molecule has 0 bridgehead atoms. The first-order valence-electron chi connectivity index (χ1n) is 6.07. The fourth-order valence-corrected chi connectivity index (χ4v) is 2.24. The van der Waals surface area contributed by atoms with Crippen molar-refractivity contribution in [3.8, 4) is 0 Å². The van der Waals surface area contributed by atoms with Crippen LogP contribution in [-0.4, -0.2) is 13.9 Å². The molecule has 2 aromatic heterocycles. The Hall–Kier alpha value is -2.07. The number of ether oxygens (including phenoxy) is 1. The Kier molecular flexibility index (Phi) is 2.87. The first-order chi connectivity index (χ1) is 9.17. The smallest absolute Gasteiger partial charge is 0.372 e. The molecule has 0 aliphatic heterocycles. The lowest BCUT2D eigenvalue weighted by molar-refractivity contribution is 0.226. The van der Waals surface area contributed by atoms with Crippen LogP contribution in [-0.2, 0) is 4.74 Å². The van der Waals surface area contributed by atoms with Crippen LogP contribution < -0.4 is 5.43 Å². The summed E-state index contributed by atoms with van der Waals surface area (Å²) in [4.78, 5) is 0. The minimum Gasteiger partial charge on any atom is -0.461 e. The van der Waals surface area contributed by atoms with E-state index in [1.165, 1.54) is 0 Å². The van der Waals surface area contributed by atoms with Crippen LogP contribution in [0.15, 0.2) is 37.5 Å². The van der Waals surface area contributed by atoms with Crippen LogP contribution in [0, 0.1) is 13.8 Å². The van der Waals surface area contributed by atoms with Gasteiger partial charge in [-0.2, -0.15) is 0 Å². The molecule has 3 aromatic rings. The average molecular weight is 259 g/mol.